The van der Waals surface area contributed by atoms with E-state index in [-0.39, 0.29) is 12.1 Å². The minimum absolute atomic E-state index is 0.145. The number of carbonyl (C=O) groups is 1. The van der Waals surface area contributed by atoms with Crippen molar-refractivity contribution in [3.8, 4) is 5.88 Å². The Bertz CT molecular complexity index is 620. The summed E-state index contributed by atoms with van der Waals surface area (Å²) in [6.45, 7) is 0.376. The van der Waals surface area contributed by atoms with Gasteiger partial charge in [-0.05, 0) is 18.6 Å². The number of ether oxygens (including phenoxy) is 1. The summed E-state index contributed by atoms with van der Waals surface area (Å²) in [4.78, 5) is 11.9. The SMILES string of the molecule is COc1nn(C)cc1CNC(=O)N[C@@H]1C[C@H]1c1ccco1. The van der Waals surface area contributed by atoms with Crippen molar-refractivity contribution in [2.45, 2.75) is 24.9 Å². The smallest absolute Gasteiger partial charge is 0.315 e. The quantitative estimate of drug-likeness (QED) is 0.871. The molecule has 7 nitrogen and oxygen atoms in total. The molecule has 1 aliphatic carbocycles. The molecule has 2 amide bonds. The lowest BCUT2D eigenvalue weighted by Gasteiger charge is -2.06. The second-order valence-corrected chi connectivity index (χ2v) is 5.13. The van der Waals surface area contributed by atoms with Gasteiger partial charge in [0, 0.05) is 25.2 Å². The number of rotatable bonds is 5. The Morgan fingerprint density at radius 1 is 1.62 bits per heavy atom. The van der Waals surface area contributed by atoms with Crippen molar-refractivity contribution in [1.82, 2.24) is 20.4 Å². The fraction of sp³-hybridized carbons (Fsp3) is 0.429. The van der Waals surface area contributed by atoms with Gasteiger partial charge in [0.15, 0.2) is 0 Å². The lowest BCUT2D eigenvalue weighted by Crippen LogP contribution is -2.36. The van der Waals surface area contributed by atoms with Gasteiger partial charge in [0.25, 0.3) is 0 Å². The second kappa shape index (κ2) is 5.51. The summed E-state index contributed by atoms with van der Waals surface area (Å²) in [6.07, 6.45) is 4.39. The van der Waals surface area contributed by atoms with Crippen molar-refractivity contribution in [2.75, 3.05) is 7.11 Å². The molecule has 112 valence electrons. The Balaban J connectivity index is 1.47. The lowest BCUT2D eigenvalue weighted by molar-refractivity contribution is 0.239. The maximum atomic E-state index is 11.9. The maximum absolute atomic E-state index is 11.9. The number of aryl methyl sites for hydroxylation is 1. The van der Waals surface area contributed by atoms with E-state index in [1.54, 1.807) is 18.1 Å². The monoisotopic (exact) mass is 290 g/mol. The Morgan fingerprint density at radius 3 is 3.19 bits per heavy atom. The molecule has 0 spiro atoms. The predicted molar refractivity (Wildman–Crippen MR) is 75.0 cm³/mol. The van der Waals surface area contributed by atoms with E-state index < -0.39 is 0 Å². The van der Waals surface area contributed by atoms with Crippen LogP contribution in [0.5, 0.6) is 5.88 Å². The highest BCUT2D eigenvalue weighted by molar-refractivity contribution is 5.74. The average Bonchev–Trinajstić information content (AvgIpc) is 2.91. The van der Waals surface area contributed by atoms with Crippen molar-refractivity contribution >= 4 is 6.03 Å². The Labute approximate surface area is 122 Å². The summed E-state index contributed by atoms with van der Waals surface area (Å²) in [5.41, 5.74) is 0.841. The van der Waals surface area contributed by atoms with E-state index in [2.05, 4.69) is 15.7 Å². The molecular formula is C14H18N4O3. The minimum atomic E-state index is -0.194. The standard InChI is InChI=1S/C14H18N4O3/c1-18-8-9(13(17-18)20-2)7-15-14(19)16-11-6-10(11)12-4-3-5-21-12/h3-5,8,10-11H,6-7H2,1-2H3,(H2,15,16,19)/t10-,11-/m1/s1. The van der Waals surface area contributed by atoms with Gasteiger partial charge >= 0.3 is 6.03 Å². The molecule has 1 fully saturated rings. The van der Waals surface area contributed by atoms with Crippen LogP contribution in [0.15, 0.2) is 29.0 Å². The molecule has 0 aliphatic heterocycles. The zero-order valence-electron chi connectivity index (χ0n) is 12.0. The highest BCUT2D eigenvalue weighted by atomic mass is 16.5. The Kier molecular flexibility index (Phi) is 3.55. The molecule has 2 heterocycles. The van der Waals surface area contributed by atoms with Crippen molar-refractivity contribution in [1.29, 1.82) is 0 Å². The van der Waals surface area contributed by atoms with Crippen LogP contribution in [0.4, 0.5) is 4.79 Å². The molecule has 2 aromatic rings. The first kappa shape index (κ1) is 13.5. The highest BCUT2D eigenvalue weighted by Gasteiger charge is 2.41. The van der Waals surface area contributed by atoms with Gasteiger partial charge in [-0.15, -0.1) is 5.10 Å². The number of nitrogens with zero attached hydrogens (tertiary/aromatic N) is 2. The zero-order valence-corrected chi connectivity index (χ0v) is 12.0. The van der Waals surface area contributed by atoms with Crippen LogP contribution in [-0.4, -0.2) is 29.0 Å². The molecule has 1 aliphatic rings. The number of amides is 2. The number of methoxy groups -OCH3 is 1. The molecule has 0 saturated heterocycles. The van der Waals surface area contributed by atoms with Gasteiger partial charge in [0.05, 0.1) is 25.5 Å². The van der Waals surface area contributed by atoms with Crippen LogP contribution in [0.1, 0.15) is 23.7 Å². The largest absolute Gasteiger partial charge is 0.480 e. The number of nitrogens with one attached hydrogen (secondary N) is 2. The molecule has 0 radical (unpaired) electrons. The van der Waals surface area contributed by atoms with Crippen LogP contribution < -0.4 is 15.4 Å². The minimum Gasteiger partial charge on any atom is -0.480 e. The van der Waals surface area contributed by atoms with E-state index >= 15 is 0 Å². The molecule has 0 aromatic carbocycles. The molecule has 2 atom stereocenters. The first-order valence-electron chi connectivity index (χ1n) is 6.81. The number of furan rings is 1. The van der Waals surface area contributed by atoms with Gasteiger partial charge in [0.1, 0.15) is 5.76 Å². The molecular weight excluding hydrogens is 272 g/mol. The van der Waals surface area contributed by atoms with Gasteiger partial charge in [-0.25, -0.2) is 4.79 Å². The van der Waals surface area contributed by atoms with Crippen molar-refractivity contribution in [3.05, 3.63) is 35.9 Å². The van der Waals surface area contributed by atoms with Crippen LogP contribution >= 0.6 is 0 Å². The maximum Gasteiger partial charge on any atom is 0.315 e. The van der Waals surface area contributed by atoms with Crippen molar-refractivity contribution in [2.24, 2.45) is 7.05 Å². The summed E-state index contributed by atoms with van der Waals surface area (Å²) in [6, 6.07) is 3.75. The molecule has 21 heavy (non-hydrogen) atoms. The summed E-state index contributed by atoms with van der Waals surface area (Å²) >= 11 is 0. The highest BCUT2D eigenvalue weighted by Crippen LogP contribution is 2.40. The van der Waals surface area contributed by atoms with Gasteiger partial charge in [-0.2, -0.15) is 0 Å². The summed E-state index contributed by atoms with van der Waals surface area (Å²) < 4.78 is 12.1. The van der Waals surface area contributed by atoms with Crippen LogP contribution in [-0.2, 0) is 13.6 Å². The Hall–Kier alpha value is -2.44. The molecule has 2 aromatic heterocycles. The molecule has 3 rings (SSSR count). The summed E-state index contributed by atoms with van der Waals surface area (Å²) in [7, 11) is 3.37. The van der Waals surface area contributed by atoms with E-state index in [1.165, 1.54) is 0 Å². The van der Waals surface area contributed by atoms with Gasteiger partial charge in [-0.3, -0.25) is 4.68 Å². The lowest BCUT2D eigenvalue weighted by atomic mass is 10.3. The topological polar surface area (TPSA) is 81.3 Å². The van der Waals surface area contributed by atoms with Crippen LogP contribution in [0.25, 0.3) is 0 Å². The first-order valence-corrected chi connectivity index (χ1v) is 6.81. The number of hydrogen-bond acceptors (Lipinski definition) is 4. The van der Waals surface area contributed by atoms with Gasteiger partial charge in [-0.1, -0.05) is 0 Å². The molecule has 0 unspecified atom stereocenters. The third kappa shape index (κ3) is 3.01. The second-order valence-electron chi connectivity index (χ2n) is 5.13. The fourth-order valence-corrected chi connectivity index (χ4v) is 2.38. The number of aromatic nitrogens is 2. The number of urea groups is 1. The zero-order chi connectivity index (χ0) is 14.8. The van der Waals surface area contributed by atoms with E-state index in [9.17, 15) is 4.79 Å². The molecule has 2 N–H and O–H groups in total. The predicted octanol–water partition coefficient (Wildman–Crippen LogP) is 1.38. The Morgan fingerprint density at radius 2 is 2.48 bits per heavy atom. The van der Waals surface area contributed by atoms with Gasteiger partial charge < -0.3 is 19.8 Å². The normalized spacial score (nSPS) is 20.1. The third-order valence-corrected chi connectivity index (χ3v) is 3.51. The molecule has 1 saturated carbocycles. The van der Waals surface area contributed by atoms with E-state index in [0.29, 0.717) is 18.3 Å². The molecule has 0 bridgehead atoms. The average molecular weight is 290 g/mol. The third-order valence-electron chi connectivity index (χ3n) is 3.51. The van der Waals surface area contributed by atoms with Crippen LogP contribution in [0, 0.1) is 0 Å². The number of carbonyl (C=O) groups excluding carboxylic acids is 1. The summed E-state index contributed by atoms with van der Waals surface area (Å²) in [5, 5.41) is 9.88. The summed E-state index contributed by atoms with van der Waals surface area (Å²) in [5.74, 6) is 1.74. The van der Waals surface area contributed by atoms with Crippen LogP contribution in [0.3, 0.4) is 0 Å². The van der Waals surface area contributed by atoms with Crippen molar-refractivity contribution < 1.29 is 13.9 Å². The number of hydrogen-bond donors (Lipinski definition) is 2. The van der Waals surface area contributed by atoms with Crippen molar-refractivity contribution in [3.63, 3.8) is 0 Å². The van der Waals surface area contributed by atoms with Crippen LogP contribution in [0.2, 0.25) is 0 Å². The van der Waals surface area contributed by atoms with Gasteiger partial charge in [0.2, 0.25) is 5.88 Å². The van der Waals surface area contributed by atoms with E-state index in [1.807, 2.05) is 25.4 Å². The first-order chi connectivity index (χ1) is 10.2. The van der Waals surface area contributed by atoms with E-state index in [4.69, 9.17) is 9.15 Å². The molecule has 7 heteroatoms. The van der Waals surface area contributed by atoms with E-state index in [0.717, 1.165) is 17.7 Å². The fourth-order valence-electron chi connectivity index (χ4n) is 2.38.